The molecule has 0 unspecified atom stereocenters. The van der Waals surface area contributed by atoms with Crippen LogP contribution in [-0.2, 0) is 22.8 Å². The molecule has 1 aromatic heterocycles. The number of hydrogen-bond donors (Lipinski definition) is 1. The van der Waals surface area contributed by atoms with Gasteiger partial charge in [0, 0.05) is 29.7 Å². The predicted octanol–water partition coefficient (Wildman–Crippen LogP) is 3.33. The van der Waals surface area contributed by atoms with E-state index >= 15 is 0 Å². The number of ketones is 1. The van der Waals surface area contributed by atoms with Crippen LogP contribution in [0.2, 0.25) is 0 Å². The van der Waals surface area contributed by atoms with Crippen molar-refractivity contribution in [2.45, 2.75) is 42.0 Å². The summed E-state index contributed by atoms with van der Waals surface area (Å²) in [6.07, 6.45) is 3.67. The molecule has 3 heterocycles. The molecule has 0 fully saturated rings. The van der Waals surface area contributed by atoms with E-state index in [1.165, 1.54) is 30.3 Å². The first-order valence-corrected chi connectivity index (χ1v) is 11.7. The maximum Gasteiger partial charge on any atom is 0.208 e. The maximum atomic E-state index is 13.2. The standard InChI is InChI=1S/C23H18N4O4S/c24-13-17(23-26-25-20-8-2-1-5-11-27(20)23)21(28)14-9-10-16-19(12-14)32(30,31)18-7-4-3-6-15(18)22(16)29/h3-4,6-7,9-10,12,28H,1-2,5,8,11H2. The molecule has 0 amide bonds. The van der Waals surface area contributed by atoms with Gasteiger partial charge in [-0.1, -0.05) is 24.6 Å². The molecule has 0 saturated heterocycles. The van der Waals surface area contributed by atoms with E-state index in [1.807, 2.05) is 10.6 Å². The quantitative estimate of drug-likeness (QED) is 0.370. The van der Waals surface area contributed by atoms with Crippen molar-refractivity contribution in [2.75, 3.05) is 0 Å². The number of rotatable bonds is 2. The van der Waals surface area contributed by atoms with Gasteiger partial charge >= 0.3 is 0 Å². The van der Waals surface area contributed by atoms with Crippen molar-refractivity contribution in [1.82, 2.24) is 14.8 Å². The lowest BCUT2D eigenvalue weighted by atomic mass is 9.99. The van der Waals surface area contributed by atoms with E-state index in [9.17, 15) is 23.6 Å². The van der Waals surface area contributed by atoms with Gasteiger partial charge in [-0.15, -0.1) is 10.2 Å². The molecule has 0 radical (unpaired) electrons. The first-order valence-electron chi connectivity index (χ1n) is 10.2. The third-order valence-corrected chi connectivity index (χ3v) is 7.74. The second-order valence-electron chi connectivity index (χ2n) is 7.78. The fourth-order valence-corrected chi connectivity index (χ4v) is 5.93. The second-order valence-corrected chi connectivity index (χ2v) is 9.66. The number of aliphatic hydroxyl groups is 1. The number of carbonyl (C=O) groups is 1. The zero-order valence-corrected chi connectivity index (χ0v) is 17.8. The van der Waals surface area contributed by atoms with Crippen LogP contribution in [-0.4, -0.2) is 34.1 Å². The Morgan fingerprint density at radius 1 is 1.03 bits per heavy atom. The minimum atomic E-state index is -3.97. The lowest BCUT2D eigenvalue weighted by Gasteiger charge is -2.19. The molecule has 0 saturated carbocycles. The normalized spacial score (nSPS) is 17.3. The number of fused-ring (bicyclic) bond motifs is 3. The lowest BCUT2D eigenvalue weighted by Crippen LogP contribution is -2.20. The molecule has 32 heavy (non-hydrogen) atoms. The number of hydrogen-bond acceptors (Lipinski definition) is 7. The summed E-state index contributed by atoms with van der Waals surface area (Å²) in [5, 5.41) is 29.0. The minimum absolute atomic E-state index is 0.0371. The highest BCUT2D eigenvalue weighted by molar-refractivity contribution is 7.91. The van der Waals surface area contributed by atoms with Crippen LogP contribution < -0.4 is 0 Å². The summed E-state index contributed by atoms with van der Waals surface area (Å²) in [7, 11) is -3.97. The van der Waals surface area contributed by atoms with Gasteiger partial charge in [0.25, 0.3) is 0 Å². The first-order chi connectivity index (χ1) is 15.4. The molecular formula is C23H18N4O4S. The molecule has 0 atom stereocenters. The van der Waals surface area contributed by atoms with Crippen LogP contribution in [0.4, 0.5) is 0 Å². The molecule has 2 aromatic carbocycles. The third kappa shape index (κ3) is 2.95. The minimum Gasteiger partial charge on any atom is -0.506 e. The molecular weight excluding hydrogens is 428 g/mol. The number of sulfone groups is 1. The highest BCUT2D eigenvalue weighted by Gasteiger charge is 2.35. The van der Waals surface area contributed by atoms with E-state index in [0.717, 1.165) is 31.5 Å². The van der Waals surface area contributed by atoms with Crippen molar-refractivity contribution < 1.29 is 18.3 Å². The van der Waals surface area contributed by atoms with Crippen LogP contribution in [0.5, 0.6) is 0 Å². The number of aryl methyl sites for hydroxylation is 1. The Bertz CT molecular complexity index is 1460. The smallest absolute Gasteiger partial charge is 0.208 e. The van der Waals surface area contributed by atoms with Gasteiger partial charge < -0.3 is 9.67 Å². The Morgan fingerprint density at radius 2 is 1.81 bits per heavy atom. The number of nitrogens with zero attached hydrogens (tertiary/aromatic N) is 4. The summed E-state index contributed by atoms with van der Waals surface area (Å²) < 4.78 is 28.2. The Hall–Kier alpha value is -3.77. The Labute approximate surface area is 184 Å². The van der Waals surface area contributed by atoms with Crippen molar-refractivity contribution in [1.29, 1.82) is 5.26 Å². The van der Waals surface area contributed by atoms with Crippen LogP contribution in [0.25, 0.3) is 11.3 Å². The second kappa shape index (κ2) is 7.43. The van der Waals surface area contributed by atoms with Gasteiger partial charge in [0.05, 0.1) is 9.79 Å². The number of aromatic nitrogens is 3. The fraction of sp³-hybridized carbons (Fsp3) is 0.217. The van der Waals surface area contributed by atoms with Gasteiger partial charge in [0.15, 0.2) is 11.6 Å². The topological polar surface area (TPSA) is 126 Å². The van der Waals surface area contributed by atoms with Crippen LogP contribution in [0, 0.1) is 11.3 Å². The molecule has 5 rings (SSSR count). The van der Waals surface area contributed by atoms with Crippen molar-refractivity contribution >= 4 is 27.0 Å². The number of benzene rings is 2. The van der Waals surface area contributed by atoms with Crippen LogP contribution in [0.3, 0.4) is 0 Å². The van der Waals surface area contributed by atoms with Crippen molar-refractivity contribution in [3.8, 4) is 6.07 Å². The fourth-order valence-electron chi connectivity index (χ4n) is 4.25. The number of carbonyl (C=O) groups excluding carboxylic acids is 1. The van der Waals surface area contributed by atoms with Crippen molar-refractivity contribution in [2.24, 2.45) is 0 Å². The van der Waals surface area contributed by atoms with Crippen LogP contribution in [0.15, 0.2) is 52.3 Å². The average Bonchev–Trinajstić information content (AvgIpc) is 3.05. The summed E-state index contributed by atoms with van der Waals surface area (Å²) in [4.78, 5) is 12.6. The highest BCUT2D eigenvalue weighted by Crippen LogP contribution is 2.36. The van der Waals surface area contributed by atoms with Gasteiger partial charge in [-0.25, -0.2) is 8.42 Å². The number of nitriles is 1. The summed E-state index contributed by atoms with van der Waals surface area (Å²) in [5.41, 5.74) is 0.180. The Morgan fingerprint density at radius 3 is 2.62 bits per heavy atom. The molecule has 0 spiro atoms. The summed E-state index contributed by atoms with van der Waals surface area (Å²) in [6.45, 7) is 0.639. The van der Waals surface area contributed by atoms with Gasteiger partial charge in [-0.3, -0.25) is 4.79 Å². The molecule has 1 N–H and O–H groups in total. The molecule has 160 valence electrons. The average molecular weight is 446 g/mol. The SMILES string of the molecule is N#CC(=C(O)c1ccc2c(c1)S(=O)(=O)c1ccccc1C2=O)c1nnc2n1CCCCC2. The van der Waals surface area contributed by atoms with Crippen molar-refractivity contribution in [3.63, 3.8) is 0 Å². The summed E-state index contributed by atoms with van der Waals surface area (Å²) in [6, 6.07) is 12.1. The molecule has 3 aromatic rings. The highest BCUT2D eigenvalue weighted by atomic mass is 32.2. The first kappa shape index (κ1) is 20.2. The van der Waals surface area contributed by atoms with E-state index in [2.05, 4.69) is 10.2 Å². The van der Waals surface area contributed by atoms with Crippen LogP contribution >= 0.6 is 0 Å². The van der Waals surface area contributed by atoms with Crippen molar-refractivity contribution in [3.05, 3.63) is 70.8 Å². The van der Waals surface area contributed by atoms with Gasteiger partial charge in [-0.05, 0) is 37.1 Å². The maximum absolute atomic E-state index is 13.2. The molecule has 9 heteroatoms. The zero-order chi connectivity index (χ0) is 22.5. The largest absolute Gasteiger partial charge is 0.506 e. The van der Waals surface area contributed by atoms with E-state index in [0.29, 0.717) is 6.54 Å². The van der Waals surface area contributed by atoms with E-state index in [4.69, 9.17) is 0 Å². The monoisotopic (exact) mass is 446 g/mol. The van der Waals surface area contributed by atoms with Gasteiger partial charge in [-0.2, -0.15) is 5.26 Å². The van der Waals surface area contributed by atoms with Gasteiger partial charge in [0.1, 0.15) is 23.2 Å². The molecule has 8 nitrogen and oxygen atoms in total. The third-order valence-electron chi connectivity index (χ3n) is 5.89. The van der Waals surface area contributed by atoms with E-state index < -0.39 is 21.4 Å². The van der Waals surface area contributed by atoms with Crippen LogP contribution in [0.1, 0.15) is 52.4 Å². The molecule has 2 aliphatic rings. The van der Waals surface area contributed by atoms with Gasteiger partial charge in [0.2, 0.25) is 9.84 Å². The molecule has 2 aliphatic heterocycles. The predicted molar refractivity (Wildman–Crippen MR) is 114 cm³/mol. The molecule has 0 aliphatic carbocycles. The zero-order valence-electron chi connectivity index (χ0n) is 16.9. The lowest BCUT2D eigenvalue weighted by molar-refractivity contribution is 0.103. The Balaban J connectivity index is 1.66. The van der Waals surface area contributed by atoms with E-state index in [-0.39, 0.29) is 37.9 Å². The Kier molecular flexibility index (Phi) is 4.68. The molecule has 0 bridgehead atoms. The van der Waals surface area contributed by atoms with E-state index in [1.54, 1.807) is 12.1 Å². The summed E-state index contributed by atoms with van der Waals surface area (Å²) >= 11 is 0. The number of allylic oxidation sites excluding steroid dienone is 1. The number of aliphatic hydroxyl groups excluding tert-OH is 1. The summed E-state index contributed by atoms with van der Waals surface area (Å²) in [5.74, 6) is 0.206.